The van der Waals surface area contributed by atoms with Crippen LogP contribution < -0.4 is 34.7 Å². The number of halogens is 1. The van der Waals surface area contributed by atoms with Crippen LogP contribution in [-0.4, -0.2) is 5.97 Å². The standard InChI is InChI=1S/C10H10.C8H14.C3H3FO2.Na/c1-3-9-7-5-6-8-10(9)4-2;1-3-5-7-8-6-4-2;1-2(4)3(5)6;/h3-8H,1-2H2;3-4H,1-2,5-8H2;1H2,(H,5,6);/q;;;+1/p-1. The number of carboxylic acid groups (broad SMARTS) is 1. The zero-order valence-electron chi connectivity index (χ0n) is 15.2. The van der Waals surface area contributed by atoms with Crippen LogP contribution in [0.25, 0.3) is 12.2 Å². The van der Waals surface area contributed by atoms with E-state index >= 15 is 0 Å². The van der Waals surface area contributed by atoms with Crippen LogP contribution in [0.2, 0.25) is 0 Å². The van der Waals surface area contributed by atoms with Gasteiger partial charge in [-0.2, -0.15) is 0 Å². The largest absolute Gasteiger partial charge is 1.00 e. The Bertz CT molecular complexity index is 502. The summed E-state index contributed by atoms with van der Waals surface area (Å²) in [5.41, 5.74) is 2.27. The molecule has 4 heteroatoms. The summed E-state index contributed by atoms with van der Waals surface area (Å²) in [6, 6.07) is 8.02. The molecular formula is C21H26FNaO2. The van der Waals surface area contributed by atoms with E-state index in [-0.39, 0.29) is 29.6 Å². The van der Waals surface area contributed by atoms with E-state index in [1.54, 1.807) is 0 Å². The zero-order chi connectivity index (χ0) is 18.8. The Kier molecular flexibility index (Phi) is 22.9. The van der Waals surface area contributed by atoms with Gasteiger partial charge >= 0.3 is 29.6 Å². The number of carboxylic acids is 1. The number of aliphatic carboxylic acids is 1. The molecule has 0 atom stereocenters. The third kappa shape index (κ3) is 18.5. The Balaban J connectivity index is -0.000000295. The minimum Gasteiger partial charge on any atom is -0.542 e. The molecule has 2 nitrogen and oxygen atoms in total. The summed E-state index contributed by atoms with van der Waals surface area (Å²) in [6.45, 7) is 17.1. The molecule has 0 radical (unpaired) electrons. The first kappa shape index (κ1) is 28.1. The first-order valence-corrected chi connectivity index (χ1v) is 7.55. The van der Waals surface area contributed by atoms with Crippen molar-refractivity contribution in [2.45, 2.75) is 25.7 Å². The molecule has 1 aromatic rings. The predicted molar refractivity (Wildman–Crippen MR) is 101 cm³/mol. The Labute approximate surface area is 173 Å². The van der Waals surface area contributed by atoms with Crippen LogP contribution in [-0.2, 0) is 4.79 Å². The quantitative estimate of drug-likeness (QED) is 0.311. The van der Waals surface area contributed by atoms with E-state index in [4.69, 9.17) is 9.90 Å². The van der Waals surface area contributed by atoms with Crippen molar-refractivity contribution in [3.05, 3.63) is 86.3 Å². The van der Waals surface area contributed by atoms with Crippen LogP contribution in [0.1, 0.15) is 36.8 Å². The summed E-state index contributed by atoms with van der Waals surface area (Å²) in [6.07, 6.45) is 12.4. The Morgan fingerprint density at radius 1 is 0.960 bits per heavy atom. The van der Waals surface area contributed by atoms with Gasteiger partial charge in [0.1, 0.15) is 5.83 Å². The van der Waals surface area contributed by atoms with Gasteiger partial charge in [-0.25, -0.2) is 4.39 Å². The van der Waals surface area contributed by atoms with Crippen molar-refractivity contribution < 1.29 is 43.8 Å². The molecule has 0 aliphatic carbocycles. The second kappa shape index (κ2) is 20.4. The fourth-order valence-electron chi connectivity index (χ4n) is 1.46. The topological polar surface area (TPSA) is 40.1 Å². The molecule has 25 heavy (non-hydrogen) atoms. The summed E-state index contributed by atoms with van der Waals surface area (Å²) in [7, 11) is 0. The maximum atomic E-state index is 11.0. The summed E-state index contributed by atoms with van der Waals surface area (Å²) in [4.78, 5) is 9.11. The number of benzene rings is 1. The van der Waals surface area contributed by atoms with Crippen LogP contribution in [0.5, 0.6) is 0 Å². The predicted octanol–water partition coefficient (Wildman–Crippen LogP) is 2.11. The van der Waals surface area contributed by atoms with Crippen molar-refractivity contribution in [2.75, 3.05) is 0 Å². The van der Waals surface area contributed by atoms with Crippen molar-refractivity contribution in [3.8, 4) is 0 Å². The molecule has 0 saturated carbocycles. The molecule has 0 heterocycles. The van der Waals surface area contributed by atoms with Crippen LogP contribution in [0, 0.1) is 0 Å². The fraction of sp³-hybridized carbons (Fsp3) is 0.190. The van der Waals surface area contributed by atoms with Crippen LogP contribution in [0.4, 0.5) is 4.39 Å². The number of allylic oxidation sites excluding steroid dienone is 2. The zero-order valence-corrected chi connectivity index (χ0v) is 17.2. The number of unbranched alkanes of at least 4 members (excludes halogenated alkanes) is 3. The van der Waals surface area contributed by atoms with Crippen molar-refractivity contribution >= 4 is 18.1 Å². The third-order valence-electron chi connectivity index (χ3n) is 2.72. The molecule has 0 aliphatic heterocycles. The van der Waals surface area contributed by atoms with Gasteiger partial charge in [0.2, 0.25) is 0 Å². The Morgan fingerprint density at radius 3 is 1.48 bits per heavy atom. The molecule has 0 fully saturated rings. The molecule has 0 bridgehead atoms. The van der Waals surface area contributed by atoms with E-state index in [2.05, 4.69) is 32.9 Å². The molecule has 1 rings (SSSR count). The molecular weight excluding hydrogens is 326 g/mol. The van der Waals surface area contributed by atoms with Crippen LogP contribution in [0.15, 0.2) is 75.1 Å². The molecule has 1 aromatic carbocycles. The summed E-state index contributed by atoms with van der Waals surface area (Å²) >= 11 is 0. The smallest absolute Gasteiger partial charge is 0.542 e. The van der Waals surface area contributed by atoms with E-state index in [1.807, 2.05) is 48.6 Å². The van der Waals surface area contributed by atoms with Gasteiger partial charge in [0.15, 0.2) is 0 Å². The van der Waals surface area contributed by atoms with E-state index in [0.717, 1.165) is 24.0 Å². The van der Waals surface area contributed by atoms with Crippen LogP contribution >= 0.6 is 0 Å². The minimum atomic E-state index is -1.85. The van der Waals surface area contributed by atoms with Crippen molar-refractivity contribution in [2.24, 2.45) is 0 Å². The monoisotopic (exact) mass is 352 g/mol. The molecule has 0 aromatic heterocycles. The summed E-state index contributed by atoms with van der Waals surface area (Å²) in [5.74, 6) is -3.29. The molecule has 0 N–H and O–H groups in total. The van der Waals surface area contributed by atoms with Gasteiger partial charge < -0.3 is 9.90 Å². The van der Waals surface area contributed by atoms with Gasteiger partial charge in [-0.3, -0.25) is 0 Å². The Morgan fingerprint density at radius 2 is 1.28 bits per heavy atom. The molecule has 0 spiro atoms. The number of carbonyl (C=O) groups excluding carboxylic acids is 1. The number of hydrogen-bond acceptors (Lipinski definition) is 2. The molecule has 0 aliphatic rings. The fourth-order valence-corrected chi connectivity index (χ4v) is 1.46. The van der Waals surface area contributed by atoms with E-state index in [1.165, 1.54) is 12.8 Å². The second-order valence-corrected chi connectivity index (χ2v) is 4.59. The average molecular weight is 352 g/mol. The SMILES string of the molecule is C=C(F)C(=O)[O-].C=CCCCCC=C.C=Cc1ccccc1C=C.[Na+]. The van der Waals surface area contributed by atoms with E-state index in [9.17, 15) is 4.39 Å². The Hall–Kier alpha value is -1.68. The first-order valence-electron chi connectivity index (χ1n) is 7.55. The number of carbonyl (C=O) groups is 1. The van der Waals surface area contributed by atoms with Gasteiger partial charge in [0.25, 0.3) is 0 Å². The molecule has 0 amide bonds. The maximum Gasteiger partial charge on any atom is 1.00 e. The van der Waals surface area contributed by atoms with Gasteiger partial charge in [0.05, 0.1) is 5.97 Å². The van der Waals surface area contributed by atoms with Crippen molar-refractivity contribution in [1.82, 2.24) is 0 Å². The number of rotatable bonds is 8. The number of hydrogen-bond donors (Lipinski definition) is 0. The molecule has 0 unspecified atom stereocenters. The van der Waals surface area contributed by atoms with Crippen molar-refractivity contribution in [3.63, 3.8) is 0 Å². The average Bonchev–Trinajstić information content (AvgIpc) is 2.59. The van der Waals surface area contributed by atoms with Crippen molar-refractivity contribution in [1.29, 1.82) is 0 Å². The molecule has 0 saturated heterocycles. The minimum absolute atomic E-state index is 0. The third-order valence-corrected chi connectivity index (χ3v) is 2.72. The summed E-state index contributed by atoms with van der Waals surface area (Å²) < 4.78 is 11.0. The van der Waals surface area contributed by atoms with Gasteiger partial charge in [0, 0.05) is 0 Å². The second-order valence-electron chi connectivity index (χ2n) is 4.59. The van der Waals surface area contributed by atoms with E-state index < -0.39 is 11.8 Å². The van der Waals surface area contributed by atoms with Crippen LogP contribution in [0.3, 0.4) is 0 Å². The summed E-state index contributed by atoms with van der Waals surface area (Å²) in [5, 5.41) is 9.11. The van der Waals surface area contributed by atoms with Gasteiger partial charge in [-0.05, 0) is 36.8 Å². The van der Waals surface area contributed by atoms with Gasteiger partial charge in [-0.15, -0.1) is 13.2 Å². The maximum absolute atomic E-state index is 11.0. The molecule has 130 valence electrons. The van der Waals surface area contributed by atoms with E-state index in [0.29, 0.717) is 0 Å². The normalized spacial score (nSPS) is 8.04. The van der Waals surface area contributed by atoms with Gasteiger partial charge in [-0.1, -0.05) is 68.3 Å². The first-order chi connectivity index (χ1) is 11.4.